The Hall–Kier alpha value is -3.05. The van der Waals surface area contributed by atoms with Gasteiger partial charge in [-0.15, -0.1) is 0 Å². The minimum Gasteiger partial charge on any atom is -0.534 e. The SMILES string of the molecule is COC(=O)OC1CCc2ccc(O[Si](c3ccccc3)(c3ccccc3)C(C)(C)C)cc21. The largest absolute Gasteiger partial charge is 0.534 e. The Kier molecular flexibility index (Phi) is 6.11. The summed E-state index contributed by atoms with van der Waals surface area (Å²) in [5, 5.41) is 2.32. The fourth-order valence-corrected chi connectivity index (χ4v) is 9.13. The molecule has 0 saturated heterocycles. The van der Waals surface area contributed by atoms with Gasteiger partial charge < -0.3 is 13.9 Å². The van der Waals surface area contributed by atoms with Gasteiger partial charge in [-0.05, 0) is 51.5 Å². The van der Waals surface area contributed by atoms with E-state index in [0.717, 1.165) is 24.2 Å². The number of methoxy groups -OCH3 is 1. The third-order valence-electron chi connectivity index (χ3n) is 6.23. The molecular formula is C27H30O4Si. The van der Waals surface area contributed by atoms with E-state index in [-0.39, 0.29) is 11.1 Å². The molecule has 1 unspecified atom stereocenters. The Morgan fingerprint density at radius 2 is 1.50 bits per heavy atom. The molecule has 32 heavy (non-hydrogen) atoms. The summed E-state index contributed by atoms with van der Waals surface area (Å²) in [4.78, 5) is 11.7. The summed E-state index contributed by atoms with van der Waals surface area (Å²) in [6.45, 7) is 6.78. The maximum absolute atomic E-state index is 11.7. The van der Waals surface area contributed by atoms with Crippen LogP contribution in [0.1, 0.15) is 44.4 Å². The van der Waals surface area contributed by atoms with Gasteiger partial charge in [-0.3, -0.25) is 0 Å². The topological polar surface area (TPSA) is 44.8 Å². The van der Waals surface area contributed by atoms with Gasteiger partial charge in [-0.2, -0.15) is 0 Å². The first-order valence-electron chi connectivity index (χ1n) is 11.0. The number of aryl methyl sites for hydroxylation is 1. The second kappa shape index (κ2) is 8.83. The molecule has 3 aromatic rings. The van der Waals surface area contributed by atoms with Crippen molar-refractivity contribution in [2.24, 2.45) is 0 Å². The van der Waals surface area contributed by atoms with Crippen molar-refractivity contribution in [2.45, 2.75) is 44.8 Å². The molecule has 1 atom stereocenters. The molecule has 1 aliphatic carbocycles. The lowest BCUT2D eigenvalue weighted by Gasteiger charge is -2.43. The van der Waals surface area contributed by atoms with Crippen molar-refractivity contribution in [2.75, 3.05) is 7.11 Å². The molecule has 0 spiro atoms. The number of fused-ring (bicyclic) bond motifs is 1. The first-order chi connectivity index (χ1) is 15.3. The molecule has 0 aromatic heterocycles. The second-order valence-corrected chi connectivity index (χ2v) is 13.4. The number of rotatable bonds is 5. The molecule has 1 aliphatic rings. The summed E-state index contributed by atoms with van der Waals surface area (Å²) < 4.78 is 17.3. The van der Waals surface area contributed by atoms with E-state index in [0.29, 0.717) is 0 Å². The highest BCUT2D eigenvalue weighted by Gasteiger charge is 2.52. The molecule has 0 radical (unpaired) electrons. The van der Waals surface area contributed by atoms with E-state index in [1.165, 1.54) is 23.0 Å². The summed E-state index contributed by atoms with van der Waals surface area (Å²) in [5.41, 5.74) is 2.19. The van der Waals surface area contributed by atoms with Gasteiger partial charge in [0, 0.05) is 0 Å². The van der Waals surface area contributed by atoms with E-state index in [2.05, 4.69) is 87.5 Å². The minimum absolute atomic E-state index is 0.128. The Bertz CT molecular complexity index is 1030. The molecule has 0 bridgehead atoms. The van der Waals surface area contributed by atoms with Crippen molar-refractivity contribution >= 4 is 24.8 Å². The van der Waals surface area contributed by atoms with Crippen LogP contribution in [0, 0.1) is 0 Å². The van der Waals surface area contributed by atoms with Crippen LogP contribution in [0.4, 0.5) is 4.79 Å². The average Bonchev–Trinajstić information content (AvgIpc) is 3.19. The molecule has 0 amide bonds. The van der Waals surface area contributed by atoms with Gasteiger partial charge >= 0.3 is 14.5 Å². The molecule has 4 nitrogen and oxygen atoms in total. The standard InChI is InChI=1S/C27H30O4Si/c1-27(2,3)32(22-11-7-5-8-12-22,23-13-9-6-10-14-23)31-21-17-15-20-16-18-25(24(20)19-21)30-26(28)29-4/h5-15,17,19,25H,16,18H2,1-4H3. The van der Waals surface area contributed by atoms with Gasteiger partial charge in [-0.25, -0.2) is 4.79 Å². The molecule has 0 N–H and O–H groups in total. The highest BCUT2D eigenvalue weighted by molar-refractivity contribution is 7.00. The Morgan fingerprint density at radius 1 is 0.906 bits per heavy atom. The van der Waals surface area contributed by atoms with Gasteiger partial charge in [0.15, 0.2) is 0 Å². The number of hydrogen-bond acceptors (Lipinski definition) is 4. The molecule has 166 valence electrons. The monoisotopic (exact) mass is 446 g/mol. The van der Waals surface area contributed by atoms with Crippen LogP contribution in [0.25, 0.3) is 0 Å². The highest BCUT2D eigenvalue weighted by Crippen LogP contribution is 2.40. The zero-order valence-electron chi connectivity index (χ0n) is 19.1. The lowest BCUT2D eigenvalue weighted by atomic mass is 10.1. The molecule has 0 aliphatic heterocycles. The van der Waals surface area contributed by atoms with Crippen LogP contribution in [-0.4, -0.2) is 21.6 Å². The fraction of sp³-hybridized carbons (Fsp3) is 0.296. The predicted octanol–water partition coefficient (Wildman–Crippen LogP) is 5.40. The smallest absolute Gasteiger partial charge is 0.508 e. The number of ether oxygens (including phenoxy) is 2. The lowest BCUT2D eigenvalue weighted by Crippen LogP contribution is -2.68. The van der Waals surface area contributed by atoms with Crippen LogP contribution < -0.4 is 14.8 Å². The van der Waals surface area contributed by atoms with Crippen molar-refractivity contribution < 1.29 is 18.7 Å². The Balaban J connectivity index is 1.81. The van der Waals surface area contributed by atoms with Gasteiger partial charge in [0.05, 0.1) is 7.11 Å². The van der Waals surface area contributed by atoms with E-state index in [9.17, 15) is 4.79 Å². The highest BCUT2D eigenvalue weighted by atomic mass is 28.4. The van der Waals surface area contributed by atoms with E-state index < -0.39 is 14.5 Å². The van der Waals surface area contributed by atoms with E-state index >= 15 is 0 Å². The van der Waals surface area contributed by atoms with Crippen molar-refractivity contribution in [1.29, 1.82) is 0 Å². The number of benzene rings is 3. The van der Waals surface area contributed by atoms with Crippen LogP contribution in [-0.2, 0) is 15.9 Å². The molecule has 0 saturated carbocycles. The summed E-state index contributed by atoms with van der Waals surface area (Å²) in [7, 11) is -1.38. The van der Waals surface area contributed by atoms with E-state index in [4.69, 9.17) is 13.9 Å². The summed E-state index contributed by atoms with van der Waals surface area (Å²) in [6.07, 6.45) is 0.671. The quantitative estimate of drug-likeness (QED) is 0.389. The van der Waals surface area contributed by atoms with Crippen molar-refractivity contribution in [3.63, 3.8) is 0 Å². The number of carbonyl (C=O) groups excluding carboxylic acids is 1. The van der Waals surface area contributed by atoms with Gasteiger partial charge in [-0.1, -0.05) is 87.5 Å². The number of hydrogen-bond donors (Lipinski definition) is 0. The molecule has 3 aromatic carbocycles. The zero-order chi connectivity index (χ0) is 22.8. The second-order valence-electron chi connectivity index (χ2n) is 9.23. The Labute approximate surface area is 191 Å². The maximum Gasteiger partial charge on any atom is 0.508 e. The molecule has 0 heterocycles. The van der Waals surface area contributed by atoms with Crippen LogP contribution in [0.5, 0.6) is 5.75 Å². The van der Waals surface area contributed by atoms with Crippen LogP contribution >= 0.6 is 0 Å². The first kappa shape index (κ1) is 22.2. The molecule has 0 fully saturated rings. The summed E-state index contributed by atoms with van der Waals surface area (Å²) in [5.74, 6) is 0.804. The maximum atomic E-state index is 11.7. The van der Waals surface area contributed by atoms with Gasteiger partial charge in [0.2, 0.25) is 0 Å². The summed E-state index contributed by atoms with van der Waals surface area (Å²) in [6, 6.07) is 27.3. The van der Waals surface area contributed by atoms with Crippen LogP contribution in [0.2, 0.25) is 5.04 Å². The third kappa shape index (κ3) is 4.05. The normalized spacial score (nSPS) is 15.7. The van der Waals surface area contributed by atoms with Crippen molar-refractivity contribution in [3.8, 4) is 5.75 Å². The van der Waals surface area contributed by atoms with Crippen molar-refractivity contribution in [1.82, 2.24) is 0 Å². The zero-order valence-corrected chi connectivity index (χ0v) is 20.1. The average molecular weight is 447 g/mol. The number of carbonyl (C=O) groups is 1. The fourth-order valence-electron chi connectivity index (χ4n) is 4.72. The first-order valence-corrected chi connectivity index (χ1v) is 12.9. The third-order valence-corrected chi connectivity index (χ3v) is 11.2. The summed E-state index contributed by atoms with van der Waals surface area (Å²) >= 11 is 0. The molecule has 5 heteroatoms. The Morgan fingerprint density at radius 3 is 2.03 bits per heavy atom. The van der Waals surface area contributed by atoms with E-state index in [1.807, 2.05) is 12.1 Å². The van der Waals surface area contributed by atoms with E-state index in [1.54, 1.807) is 0 Å². The van der Waals surface area contributed by atoms with Crippen LogP contribution in [0.3, 0.4) is 0 Å². The predicted molar refractivity (Wildman–Crippen MR) is 129 cm³/mol. The van der Waals surface area contributed by atoms with Crippen molar-refractivity contribution in [3.05, 3.63) is 90.0 Å². The van der Waals surface area contributed by atoms with Gasteiger partial charge in [0.1, 0.15) is 11.9 Å². The molecule has 4 rings (SSSR count). The lowest BCUT2D eigenvalue weighted by molar-refractivity contribution is 0.0369. The molecular weight excluding hydrogens is 416 g/mol. The van der Waals surface area contributed by atoms with Crippen LogP contribution in [0.15, 0.2) is 78.9 Å². The minimum atomic E-state index is -2.72. The van der Waals surface area contributed by atoms with Gasteiger partial charge in [0.25, 0.3) is 0 Å².